The van der Waals surface area contributed by atoms with Gasteiger partial charge in [-0.15, -0.1) is 0 Å². The third kappa shape index (κ3) is 3.54. The van der Waals surface area contributed by atoms with Gasteiger partial charge in [0, 0.05) is 25.5 Å². The van der Waals surface area contributed by atoms with Gasteiger partial charge in [0.05, 0.1) is 11.6 Å². The standard InChI is InChI=1S/C18H25N3O2/c1-14-13-20(12-9-15-5-3-2-4-6-15)18(23)21(17(14)22)16-7-10-19-11-8-16/h7-8,10-11,14-15H,2-6,9,12-13H2,1H3. The van der Waals surface area contributed by atoms with E-state index >= 15 is 0 Å². The molecule has 5 nitrogen and oxygen atoms in total. The SMILES string of the molecule is CC1CN(CCC2CCCCC2)C(=O)N(c2ccncc2)C1=O. The number of pyridine rings is 1. The zero-order chi connectivity index (χ0) is 16.2. The second kappa shape index (κ2) is 7.11. The molecular formula is C18H25N3O2. The minimum Gasteiger partial charge on any atom is -0.323 e. The Labute approximate surface area is 137 Å². The van der Waals surface area contributed by atoms with Gasteiger partial charge in [0.25, 0.3) is 0 Å². The largest absolute Gasteiger partial charge is 0.331 e. The van der Waals surface area contributed by atoms with Gasteiger partial charge in [-0.1, -0.05) is 39.0 Å². The van der Waals surface area contributed by atoms with Gasteiger partial charge in [0.1, 0.15) is 0 Å². The summed E-state index contributed by atoms with van der Waals surface area (Å²) in [6.45, 7) is 3.19. The van der Waals surface area contributed by atoms with Crippen LogP contribution in [0.15, 0.2) is 24.5 Å². The molecule has 124 valence electrons. The molecule has 1 saturated carbocycles. The Morgan fingerprint density at radius 3 is 2.52 bits per heavy atom. The number of amides is 3. The number of imide groups is 1. The zero-order valence-corrected chi connectivity index (χ0v) is 13.8. The third-order valence-corrected chi connectivity index (χ3v) is 5.05. The number of carbonyl (C=O) groups excluding carboxylic acids is 2. The maximum absolute atomic E-state index is 12.8. The van der Waals surface area contributed by atoms with Crippen molar-refractivity contribution in [2.45, 2.75) is 45.4 Å². The molecule has 1 unspecified atom stereocenters. The van der Waals surface area contributed by atoms with Crippen LogP contribution in [0.5, 0.6) is 0 Å². The van der Waals surface area contributed by atoms with Crippen LogP contribution in [0.25, 0.3) is 0 Å². The molecule has 0 aromatic carbocycles. The molecule has 1 saturated heterocycles. The van der Waals surface area contributed by atoms with Crippen LogP contribution < -0.4 is 4.90 Å². The van der Waals surface area contributed by atoms with E-state index in [1.807, 2.05) is 11.8 Å². The van der Waals surface area contributed by atoms with E-state index < -0.39 is 0 Å². The van der Waals surface area contributed by atoms with E-state index in [1.54, 1.807) is 24.5 Å². The number of hydrogen-bond donors (Lipinski definition) is 0. The average Bonchev–Trinajstić information content (AvgIpc) is 2.59. The Morgan fingerprint density at radius 2 is 1.83 bits per heavy atom. The van der Waals surface area contributed by atoms with Gasteiger partial charge in [0.2, 0.25) is 5.91 Å². The first-order valence-corrected chi connectivity index (χ1v) is 8.69. The number of carbonyl (C=O) groups is 2. The maximum atomic E-state index is 12.8. The van der Waals surface area contributed by atoms with Crippen molar-refractivity contribution >= 4 is 17.6 Å². The number of aromatic nitrogens is 1. The summed E-state index contributed by atoms with van der Waals surface area (Å²) in [4.78, 5) is 32.3. The zero-order valence-electron chi connectivity index (χ0n) is 13.8. The minimum absolute atomic E-state index is 0.116. The first kappa shape index (κ1) is 16.0. The van der Waals surface area contributed by atoms with Crippen LogP contribution >= 0.6 is 0 Å². The lowest BCUT2D eigenvalue weighted by atomic mass is 9.87. The van der Waals surface area contributed by atoms with Crippen LogP contribution in [0.3, 0.4) is 0 Å². The van der Waals surface area contributed by atoms with E-state index in [-0.39, 0.29) is 17.9 Å². The highest BCUT2D eigenvalue weighted by Crippen LogP contribution is 2.28. The van der Waals surface area contributed by atoms with Crippen LogP contribution in [0.2, 0.25) is 0 Å². The van der Waals surface area contributed by atoms with Gasteiger partial charge in [-0.05, 0) is 24.5 Å². The second-order valence-corrected chi connectivity index (χ2v) is 6.80. The van der Waals surface area contributed by atoms with Crippen LogP contribution in [0, 0.1) is 11.8 Å². The lowest BCUT2D eigenvalue weighted by Gasteiger charge is -2.38. The van der Waals surface area contributed by atoms with Crippen molar-refractivity contribution in [1.29, 1.82) is 0 Å². The predicted molar refractivity (Wildman–Crippen MR) is 89.0 cm³/mol. The number of hydrogen-bond acceptors (Lipinski definition) is 3. The average molecular weight is 315 g/mol. The van der Waals surface area contributed by atoms with Gasteiger partial charge in [-0.2, -0.15) is 0 Å². The molecule has 2 heterocycles. The molecule has 3 amide bonds. The molecule has 2 aliphatic rings. The van der Waals surface area contributed by atoms with E-state index in [0.717, 1.165) is 18.9 Å². The van der Waals surface area contributed by atoms with E-state index in [2.05, 4.69) is 4.98 Å². The minimum atomic E-state index is -0.185. The Hall–Kier alpha value is -1.91. The van der Waals surface area contributed by atoms with Crippen molar-refractivity contribution in [3.05, 3.63) is 24.5 Å². The molecule has 0 spiro atoms. The Kier molecular flexibility index (Phi) is 4.94. The Balaban J connectivity index is 1.69. The van der Waals surface area contributed by atoms with E-state index in [1.165, 1.54) is 37.0 Å². The summed E-state index contributed by atoms with van der Waals surface area (Å²) in [7, 11) is 0. The predicted octanol–water partition coefficient (Wildman–Crippen LogP) is 3.46. The molecule has 5 heteroatoms. The summed E-state index contributed by atoms with van der Waals surface area (Å²) in [6.07, 6.45) is 10.8. The molecule has 3 rings (SSSR count). The maximum Gasteiger partial charge on any atom is 0.331 e. The topological polar surface area (TPSA) is 53.5 Å². The highest BCUT2D eigenvalue weighted by molar-refractivity contribution is 6.16. The quantitative estimate of drug-likeness (QED) is 0.855. The number of nitrogens with zero attached hydrogens (tertiary/aromatic N) is 3. The smallest absolute Gasteiger partial charge is 0.323 e. The first-order chi connectivity index (χ1) is 11.2. The van der Waals surface area contributed by atoms with Crippen LogP contribution in [0.4, 0.5) is 10.5 Å². The van der Waals surface area contributed by atoms with Crippen molar-refractivity contribution in [1.82, 2.24) is 9.88 Å². The molecule has 0 radical (unpaired) electrons. The number of urea groups is 1. The molecule has 23 heavy (non-hydrogen) atoms. The molecular weight excluding hydrogens is 290 g/mol. The fourth-order valence-corrected chi connectivity index (χ4v) is 3.67. The highest BCUT2D eigenvalue weighted by Gasteiger charge is 2.37. The summed E-state index contributed by atoms with van der Waals surface area (Å²) in [5.74, 6) is 0.459. The van der Waals surface area contributed by atoms with Gasteiger partial charge < -0.3 is 4.90 Å². The van der Waals surface area contributed by atoms with Crippen molar-refractivity contribution in [3.63, 3.8) is 0 Å². The summed E-state index contributed by atoms with van der Waals surface area (Å²) in [5.41, 5.74) is 0.615. The summed E-state index contributed by atoms with van der Waals surface area (Å²) in [6, 6.07) is 3.25. The van der Waals surface area contributed by atoms with Gasteiger partial charge in [-0.3, -0.25) is 9.78 Å². The molecule has 1 aromatic heterocycles. The molecule has 0 bridgehead atoms. The van der Waals surface area contributed by atoms with Crippen LogP contribution in [-0.4, -0.2) is 34.9 Å². The molecule has 2 fully saturated rings. The van der Waals surface area contributed by atoms with Crippen LogP contribution in [-0.2, 0) is 4.79 Å². The first-order valence-electron chi connectivity index (χ1n) is 8.69. The summed E-state index contributed by atoms with van der Waals surface area (Å²) >= 11 is 0. The van der Waals surface area contributed by atoms with Gasteiger partial charge >= 0.3 is 6.03 Å². The fraction of sp³-hybridized carbons (Fsp3) is 0.611. The number of rotatable bonds is 4. The van der Waals surface area contributed by atoms with Crippen molar-refractivity contribution in [3.8, 4) is 0 Å². The third-order valence-electron chi connectivity index (χ3n) is 5.05. The van der Waals surface area contributed by atoms with E-state index in [0.29, 0.717) is 12.2 Å². The van der Waals surface area contributed by atoms with E-state index in [9.17, 15) is 9.59 Å². The molecule has 1 atom stereocenters. The van der Waals surface area contributed by atoms with Crippen molar-refractivity contribution in [2.24, 2.45) is 11.8 Å². The van der Waals surface area contributed by atoms with Gasteiger partial charge in [-0.25, -0.2) is 9.69 Å². The normalized spacial score (nSPS) is 23.4. The Bertz CT molecular complexity index is 555. The van der Waals surface area contributed by atoms with Crippen molar-refractivity contribution in [2.75, 3.05) is 18.0 Å². The molecule has 0 N–H and O–H groups in total. The number of anilines is 1. The van der Waals surface area contributed by atoms with Gasteiger partial charge in [0.15, 0.2) is 0 Å². The molecule has 1 aliphatic carbocycles. The monoisotopic (exact) mass is 315 g/mol. The fourth-order valence-electron chi connectivity index (χ4n) is 3.67. The lowest BCUT2D eigenvalue weighted by molar-refractivity contribution is -0.122. The Morgan fingerprint density at radius 1 is 1.13 bits per heavy atom. The molecule has 1 aromatic rings. The van der Waals surface area contributed by atoms with E-state index in [4.69, 9.17) is 0 Å². The lowest BCUT2D eigenvalue weighted by Crippen LogP contribution is -2.56. The van der Waals surface area contributed by atoms with Crippen LogP contribution in [0.1, 0.15) is 45.4 Å². The molecule has 1 aliphatic heterocycles. The highest BCUT2D eigenvalue weighted by atomic mass is 16.2. The summed E-state index contributed by atoms with van der Waals surface area (Å²) < 4.78 is 0. The van der Waals surface area contributed by atoms with Crippen molar-refractivity contribution < 1.29 is 9.59 Å². The summed E-state index contributed by atoms with van der Waals surface area (Å²) in [5, 5.41) is 0. The second-order valence-electron chi connectivity index (χ2n) is 6.80.